The van der Waals surface area contributed by atoms with E-state index >= 15 is 0 Å². The molecule has 0 aliphatic heterocycles. The minimum atomic E-state index is 0.732. The molecule has 1 heterocycles. The van der Waals surface area contributed by atoms with E-state index in [4.69, 9.17) is 0 Å². The first kappa shape index (κ1) is 12.6. The topological polar surface area (TPSA) is 29.9 Å². The second-order valence-corrected chi connectivity index (χ2v) is 5.08. The fourth-order valence-corrected chi connectivity index (χ4v) is 2.49. The molecular weight excluding hydrogens is 210 g/mol. The van der Waals surface area contributed by atoms with E-state index in [-0.39, 0.29) is 0 Å². The molecule has 1 unspecified atom stereocenters. The Balaban J connectivity index is 1.82. The summed E-state index contributed by atoms with van der Waals surface area (Å²) in [4.78, 5) is 0. The highest BCUT2D eigenvalue weighted by Crippen LogP contribution is 2.34. The molecule has 1 fully saturated rings. The van der Waals surface area contributed by atoms with Crippen molar-refractivity contribution in [2.45, 2.75) is 58.5 Å². The van der Waals surface area contributed by atoms with Crippen molar-refractivity contribution in [2.75, 3.05) is 6.54 Å². The lowest BCUT2D eigenvalue weighted by atomic mass is 10.0. The van der Waals surface area contributed by atoms with Gasteiger partial charge in [0, 0.05) is 24.5 Å². The number of rotatable bonds is 8. The third-order valence-corrected chi connectivity index (χ3v) is 3.66. The zero-order valence-electron chi connectivity index (χ0n) is 11.2. The lowest BCUT2D eigenvalue weighted by Crippen LogP contribution is -2.32. The average Bonchev–Trinajstić information content (AvgIpc) is 3.08. The maximum Gasteiger partial charge on any atom is 0.0492 e. The molecule has 1 saturated carbocycles. The second kappa shape index (κ2) is 6.20. The molecule has 3 nitrogen and oxygen atoms in total. The second-order valence-electron chi connectivity index (χ2n) is 5.08. The first-order valence-corrected chi connectivity index (χ1v) is 7.09. The molecule has 0 radical (unpaired) electrons. The molecule has 3 heteroatoms. The van der Waals surface area contributed by atoms with Crippen molar-refractivity contribution >= 4 is 0 Å². The normalized spacial score (nSPS) is 17.3. The summed E-state index contributed by atoms with van der Waals surface area (Å²) < 4.78 is 2.11. The maximum absolute atomic E-state index is 4.33. The van der Waals surface area contributed by atoms with E-state index in [0.717, 1.165) is 31.5 Å². The van der Waals surface area contributed by atoms with E-state index < -0.39 is 0 Å². The quantitative estimate of drug-likeness (QED) is 0.750. The molecule has 17 heavy (non-hydrogen) atoms. The van der Waals surface area contributed by atoms with Gasteiger partial charge in [0.15, 0.2) is 0 Å². The lowest BCUT2D eigenvalue weighted by molar-refractivity contribution is 0.429. The number of nitrogens with zero attached hydrogens (tertiary/aromatic N) is 2. The van der Waals surface area contributed by atoms with Gasteiger partial charge in [-0.15, -0.1) is 0 Å². The minimum absolute atomic E-state index is 0.732. The van der Waals surface area contributed by atoms with Crippen molar-refractivity contribution in [1.29, 1.82) is 0 Å². The first-order chi connectivity index (χ1) is 8.35. The predicted molar refractivity (Wildman–Crippen MR) is 71.0 cm³/mol. The molecular formula is C14H25N3. The molecule has 1 atom stereocenters. The summed E-state index contributed by atoms with van der Waals surface area (Å²) in [5.41, 5.74) is 1.39. The van der Waals surface area contributed by atoms with E-state index in [9.17, 15) is 0 Å². The molecule has 2 rings (SSSR count). The van der Waals surface area contributed by atoms with Gasteiger partial charge in [-0.2, -0.15) is 5.10 Å². The van der Waals surface area contributed by atoms with E-state index in [1.807, 2.05) is 6.20 Å². The summed E-state index contributed by atoms with van der Waals surface area (Å²) in [6, 6.07) is 2.89. The van der Waals surface area contributed by atoms with Crippen LogP contribution in [0.15, 0.2) is 12.3 Å². The van der Waals surface area contributed by atoms with Gasteiger partial charge in [0.1, 0.15) is 0 Å². The highest BCUT2D eigenvalue weighted by molar-refractivity contribution is 5.02. The Labute approximate surface area is 105 Å². The van der Waals surface area contributed by atoms with Gasteiger partial charge in [0.25, 0.3) is 0 Å². The third kappa shape index (κ3) is 3.56. The van der Waals surface area contributed by atoms with E-state index in [1.54, 1.807) is 0 Å². The fourth-order valence-electron chi connectivity index (χ4n) is 2.49. The molecule has 96 valence electrons. The van der Waals surface area contributed by atoms with Crippen molar-refractivity contribution in [3.05, 3.63) is 18.0 Å². The average molecular weight is 235 g/mol. The fraction of sp³-hybridized carbons (Fsp3) is 0.786. The zero-order valence-corrected chi connectivity index (χ0v) is 11.2. The van der Waals surface area contributed by atoms with E-state index in [1.165, 1.54) is 31.4 Å². The zero-order chi connectivity index (χ0) is 12.1. The van der Waals surface area contributed by atoms with Crippen molar-refractivity contribution < 1.29 is 0 Å². The Morgan fingerprint density at radius 1 is 1.47 bits per heavy atom. The van der Waals surface area contributed by atoms with Gasteiger partial charge in [-0.3, -0.25) is 4.68 Å². The summed E-state index contributed by atoms with van der Waals surface area (Å²) in [5.74, 6) is 0.944. The number of aryl methyl sites for hydroxylation is 2. The standard InChI is InChI=1S/C14H25N3/c1-3-10-15-14(12-5-6-12)8-7-13-9-11-16-17(13)4-2/h9,11-12,14-15H,3-8,10H2,1-2H3. The van der Waals surface area contributed by atoms with E-state index in [0.29, 0.717) is 0 Å². The van der Waals surface area contributed by atoms with Gasteiger partial charge in [-0.25, -0.2) is 0 Å². The Hall–Kier alpha value is -0.830. The maximum atomic E-state index is 4.33. The monoisotopic (exact) mass is 235 g/mol. The Bertz CT molecular complexity index is 328. The molecule has 1 aliphatic carbocycles. The van der Waals surface area contributed by atoms with Gasteiger partial charge >= 0.3 is 0 Å². The first-order valence-electron chi connectivity index (χ1n) is 7.09. The molecule has 0 aromatic carbocycles. The van der Waals surface area contributed by atoms with Crippen molar-refractivity contribution in [2.24, 2.45) is 5.92 Å². The molecule has 1 aliphatic rings. The van der Waals surface area contributed by atoms with Crippen LogP contribution in [0.3, 0.4) is 0 Å². The van der Waals surface area contributed by atoms with Crippen LogP contribution in [0, 0.1) is 5.92 Å². The summed E-state index contributed by atoms with van der Waals surface area (Å²) in [6.07, 6.45) is 8.42. The van der Waals surface area contributed by atoms with Gasteiger partial charge in [0.2, 0.25) is 0 Å². The van der Waals surface area contributed by atoms with Gasteiger partial charge < -0.3 is 5.32 Å². The number of nitrogens with one attached hydrogen (secondary N) is 1. The highest BCUT2D eigenvalue weighted by Gasteiger charge is 2.30. The number of aromatic nitrogens is 2. The van der Waals surface area contributed by atoms with Gasteiger partial charge in [-0.05, 0) is 57.6 Å². The van der Waals surface area contributed by atoms with Crippen LogP contribution >= 0.6 is 0 Å². The molecule has 0 amide bonds. The SMILES string of the molecule is CCCNC(CCc1ccnn1CC)C1CC1. The minimum Gasteiger partial charge on any atom is -0.314 e. The lowest BCUT2D eigenvalue weighted by Gasteiger charge is -2.18. The third-order valence-electron chi connectivity index (χ3n) is 3.66. The Morgan fingerprint density at radius 2 is 2.29 bits per heavy atom. The summed E-state index contributed by atoms with van der Waals surface area (Å²) in [7, 11) is 0. The highest BCUT2D eigenvalue weighted by atomic mass is 15.3. The van der Waals surface area contributed by atoms with Crippen LogP contribution in [0.2, 0.25) is 0 Å². The van der Waals surface area contributed by atoms with Gasteiger partial charge in [0.05, 0.1) is 0 Å². The van der Waals surface area contributed by atoms with Crippen molar-refractivity contribution in [3.8, 4) is 0 Å². The molecule has 1 N–H and O–H groups in total. The number of hydrogen-bond acceptors (Lipinski definition) is 2. The summed E-state index contributed by atoms with van der Waals surface area (Å²) in [5, 5.41) is 8.03. The van der Waals surface area contributed by atoms with E-state index in [2.05, 4.69) is 35.0 Å². The van der Waals surface area contributed by atoms with Crippen LogP contribution < -0.4 is 5.32 Å². The predicted octanol–water partition coefficient (Wildman–Crippen LogP) is 2.61. The summed E-state index contributed by atoms with van der Waals surface area (Å²) >= 11 is 0. The molecule has 0 saturated heterocycles. The van der Waals surface area contributed by atoms with Crippen LogP contribution in [0.5, 0.6) is 0 Å². The molecule has 0 bridgehead atoms. The van der Waals surface area contributed by atoms with Crippen LogP contribution in [0.25, 0.3) is 0 Å². The van der Waals surface area contributed by atoms with Crippen LogP contribution in [0.1, 0.15) is 45.2 Å². The van der Waals surface area contributed by atoms with Crippen molar-refractivity contribution in [1.82, 2.24) is 15.1 Å². The van der Waals surface area contributed by atoms with Crippen LogP contribution in [0.4, 0.5) is 0 Å². The van der Waals surface area contributed by atoms with Crippen LogP contribution in [-0.4, -0.2) is 22.4 Å². The largest absolute Gasteiger partial charge is 0.314 e. The van der Waals surface area contributed by atoms with Crippen molar-refractivity contribution in [3.63, 3.8) is 0 Å². The van der Waals surface area contributed by atoms with Gasteiger partial charge in [-0.1, -0.05) is 6.92 Å². The molecule has 0 spiro atoms. The summed E-state index contributed by atoms with van der Waals surface area (Å²) in [6.45, 7) is 6.54. The molecule has 1 aromatic heterocycles. The smallest absolute Gasteiger partial charge is 0.0492 e. The number of hydrogen-bond donors (Lipinski definition) is 1. The Morgan fingerprint density at radius 3 is 2.94 bits per heavy atom. The Kier molecular flexibility index (Phi) is 4.60. The van der Waals surface area contributed by atoms with Crippen LogP contribution in [-0.2, 0) is 13.0 Å². The molecule has 1 aromatic rings.